The van der Waals surface area contributed by atoms with Gasteiger partial charge < -0.3 is 15.0 Å². The number of carbonyl (C=O) groups is 2. The molecule has 0 spiro atoms. The lowest BCUT2D eigenvalue weighted by Crippen LogP contribution is -2.24. The van der Waals surface area contributed by atoms with E-state index in [-0.39, 0.29) is 5.56 Å². The predicted molar refractivity (Wildman–Crippen MR) is 123 cm³/mol. The Morgan fingerprint density at radius 2 is 1.68 bits per heavy atom. The zero-order valence-electron chi connectivity index (χ0n) is 18.3. The lowest BCUT2D eigenvalue weighted by molar-refractivity contribution is 0.0696. The number of aromatic carboxylic acids is 1. The number of nitrogens with zero attached hydrogens (tertiary/aromatic N) is 2. The zero-order chi connectivity index (χ0) is 22.7. The monoisotopic (exact) mass is 418 g/mol. The molecule has 7 nitrogen and oxygen atoms in total. The van der Waals surface area contributed by atoms with Crippen LogP contribution in [0.1, 0.15) is 44.0 Å². The Balaban J connectivity index is 1.74. The summed E-state index contributed by atoms with van der Waals surface area (Å²) in [5.74, 6) is -0.950. The fourth-order valence-electron chi connectivity index (χ4n) is 3.47. The maximum absolute atomic E-state index is 12.1. The molecule has 0 saturated carbocycles. The van der Waals surface area contributed by atoms with Crippen LogP contribution < -0.4 is 10.7 Å². The molecule has 3 aromatic rings. The van der Waals surface area contributed by atoms with Crippen molar-refractivity contribution in [3.8, 4) is 5.69 Å². The van der Waals surface area contributed by atoms with E-state index < -0.39 is 12.0 Å². The number of carboxylic acid groups (broad SMARTS) is 1. The Kier molecular flexibility index (Phi) is 6.25. The van der Waals surface area contributed by atoms with Gasteiger partial charge in [0.25, 0.3) is 0 Å². The van der Waals surface area contributed by atoms with Crippen molar-refractivity contribution >= 4 is 23.9 Å². The molecule has 0 radical (unpaired) electrons. The SMILES string of the molecule is Cc1ccc(NC(=O)N/N=C/c2cc(C)n(-c3ccc(C(=O)O)cc3C)c2C)cc1C. The van der Waals surface area contributed by atoms with Gasteiger partial charge in [0.1, 0.15) is 0 Å². The molecule has 2 aromatic carbocycles. The molecule has 1 heterocycles. The van der Waals surface area contributed by atoms with Crippen molar-refractivity contribution in [1.29, 1.82) is 0 Å². The number of carboxylic acids is 1. The Morgan fingerprint density at radius 3 is 2.32 bits per heavy atom. The molecule has 7 heteroatoms. The van der Waals surface area contributed by atoms with E-state index in [1.165, 1.54) is 0 Å². The molecule has 0 aliphatic heterocycles. The summed E-state index contributed by atoms with van der Waals surface area (Å²) in [6.07, 6.45) is 1.60. The van der Waals surface area contributed by atoms with Crippen LogP contribution >= 0.6 is 0 Å². The van der Waals surface area contributed by atoms with Gasteiger partial charge in [-0.05, 0) is 87.7 Å². The van der Waals surface area contributed by atoms with Crippen LogP contribution in [0.4, 0.5) is 10.5 Å². The van der Waals surface area contributed by atoms with Gasteiger partial charge in [-0.2, -0.15) is 5.10 Å². The molecular formula is C24H26N4O3. The van der Waals surface area contributed by atoms with Crippen LogP contribution in [-0.4, -0.2) is 27.9 Å². The van der Waals surface area contributed by atoms with Gasteiger partial charge >= 0.3 is 12.0 Å². The topological polar surface area (TPSA) is 95.7 Å². The third-order valence-corrected chi connectivity index (χ3v) is 5.29. The third kappa shape index (κ3) is 4.83. The first-order chi connectivity index (χ1) is 14.7. The van der Waals surface area contributed by atoms with Gasteiger partial charge in [0, 0.05) is 28.3 Å². The summed E-state index contributed by atoms with van der Waals surface area (Å²) in [5.41, 5.74) is 10.2. The molecule has 0 atom stereocenters. The molecule has 0 bridgehead atoms. The Morgan fingerprint density at radius 1 is 0.935 bits per heavy atom. The van der Waals surface area contributed by atoms with Crippen LogP contribution in [0.3, 0.4) is 0 Å². The highest BCUT2D eigenvalue weighted by molar-refractivity contribution is 5.91. The lowest BCUT2D eigenvalue weighted by atomic mass is 10.1. The highest BCUT2D eigenvalue weighted by Crippen LogP contribution is 2.23. The van der Waals surface area contributed by atoms with Gasteiger partial charge in [0.2, 0.25) is 0 Å². The fraction of sp³-hybridized carbons (Fsp3) is 0.208. The first-order valence-corrected chi connectivity index (χ1v) is 9.88. The summed E-state index contributed by atoms with van der Waals surface area (Å²) < 4.78 is 2.04. The van der Waals surface area contributed by atoms with Crippen LogP contribution in [0.25, 0.3) is 5.69 Å². The zero-order valence-corrected chi connectivity index (χ0v) is 18.3. The standard InChI is InChI=1S/C24H26N4O3/c1-14-6-8-21(11-15(14)2)26-24(31)27-25-13-20-12-17(4)28(18(20)5)22-9-7-19(23(29)30)10-16(22)3/h6-13H,1-5H3,(H,29,30)(H2,26,27,31)/b25-13+. The van der Waals surface area contributed by atoms with Gasteiger partial charge in [-0.3, -0.25) is 0 Å². The fourth-order valence-corrected chi connectivity index (χ4v) is 3.47. The van der Waals surface area contributed by atoms with Crippen LogP contribution in [0.15, 0.2) is 47.6 Å². The molecule has 160 valence electrons. The highest BCUT2D eigenvalue weighted by Gasteiger charge is 2.13. The number of rotatable bonds is 5. The Labute approximate surface area is 181 Å². The number of carbonyl (C=O) groups excluding carboxylic acids is 1. The van der Waals surface area contributed by atoms with E-state index in [0.29, 0.717) is 5.69 Å². The lowest BCUT2D eigenvalue weighted by Gasteiger charge is -2.13. The van der Waals surface area contributed by atoms with Crippen molar-refractivity contribution in [1.82, 2.24) is 9.99 Å². The molecule has 0 aliphatic rings. The van der Waals surface area contributed by atoms with Crippen molar-refractivity contribution < 1.29 is 14.7 Å². The summed E-state index contributed by atoms with van der Waals surface area (Å²) in [6, 6.07) is 12.3. The summed E-state index contributed by atoms with van der Waals surface area (Å²) in [6.45, 7) is 9.81. The molecule has 1 aromatic heterocycles. The van der Waals surface area contributed by atoms with Crippen molar-refractivity contribution in [2.24, 2.45) is 5.10 Å². The van der Waals surface area contributed by atoms with E-state index in [1.807, 2.05) is 63.5 Å². The quantitative estimate of drug-likeness (QED) is 0.407. The van der Waals surface area contributed by atoms with Crippen molar-refractivity contribution in [2.45, 2.75) is 34.6 Å². The molecule has 0 unspecified atom stereocenters. The Hall–Kier alpha value is -3.87. The summed E-state index contributed by atoms with van der Waals surface area (Å²) in [7, 11) is 0. The van der Waals surface area contributed by atoms with Crippen molar-refractivity contribution in [3.63, 3.8) is 0 Å². The maximum Gasteiger partial charge on any atom is 0.339 e. The average molecular weight is 418 g/mol. The van der Waals surface area contributed by atoms with Crippen LogP contribution in [0.2, 0.25) is 0 Å². The first-order valence-electron chi connectivity index (χ1n) is 9.88. The molecule has 3 rings (SSSR count). The number of benzene rings is 2. The number of aryl methyl sites for hydroxylation is 4. The van der Waals surface area contributed by atoms with Crippen molar-refractivity contribution in [2.75, 3.05) is 5.32 Å². The normalized spacial score (nSPS) is 11.0. The van der Waals surface area contributed by atoms with E-state index >= 15 is 0 Å². The molecule has 3 N–H and O–H groups in total. The summed E-state index contributed by atoms with van der Waals surface area (Å²) in [5, 5.41) is 16.0. The highest BCUT2D eigenvalue weighted by atomic mass is 16.4. The van der Waals surface area contributed by atoms with E-state index in [4.69, 9.17) is 0 Å². The van der Waals surface area contributed by atoms with Crippen LogP contribution in [0, 0.1) is 34.6 Å². The average Bonchev–Trinajstić information content (AvgIpc) is 2.98. The predicted octanol–water partition coefficient (Wildman–Crippen LogP) is 4.87. The number of amides is 2. The van der Waals surface area contributed by atoms with E-state index in [2.05, 4.69) is 15.8 Å². The smallest absolute Gasteiger partial charge is 0.339 e. The largest absolute Gasteiger partial charge is 0.478 e. The number of hydrogen-bond acceptors (Lipinski definition) is 3. The van der Waals surface area contributed by atoms with E-state index in [0.717, 1.165) is 39.3 Å². The molecular weight excluding hydrogens is 392 g/mol. The number of nitrogens with one attached hydrogen (secondary N) is 2. The number of anilines is 1. The Bertz CT molecular complexity index is 1190. The first kappa shape index (κ1) is 21.8. The summed E-state index contributed by atoms with van der Waals surface area (Å²) >= 11 is 0. The molecule has 0 saturated heterocycles. The second-order valence-corrected chi connectivity index (χ2v) is 7.59. The van der Waals surface area contributed by atoms with Crippen LogP contribution in [0.5, 0.6) is 0 Å². The van der Waals surface area contributed by atoms with E-state index in [1.54, 1.807) is 24.4 Å². The van der Waals surface area contributed by atoms with Gasteiger partial charge in [0.15, 0.2) is 0 Å². The third-order valence-electron chi connectivity index (χ3n) is 5.29. The second kappa shape index (κ2) is 8.87. The van der Waals surface area contributed by atoms with Gasteiger partial charge in [-0.15, -0.1) is 0 Å². The minimum atomic E-state index is -0.950. The molecule has 0 fully saturated rings. The van der Waals surface area contributed by atoms with Crippen molar-refractivity contribution in [3.05, 3.63) is 81.7 Å². The van der Waals surface area contributed by atoms with E-state index in [9.17, 15) is 14.7 Å². The van der Waals surface area contributed by atoms with Gasteiger partial charge in [-0.25, -0.2) is 15.0 Å². The minimum absolute atomic E-state index is 0.254. The number of urea groups is 1. The maximum atomic E-state index is 12.1. The number of aromatic nitrogens is 1. The number of hydrazone groups is 1. The molecule has 31 heavy (non-hydrogen) atoms. The molecule has 0 aliphatic carbocycles. The van der Waals surface area contributed by atoms with Gasteiger partial charge in [-0.1, -0.05) is 6.07 Å². The molecule has 2 amide bonds. The summed E-state index contributed by atoms with van der Waals surface area (Å²) in [4.78, 5) is 23.3. The van der Waals surface area contributed by atoms with Crippen LogP contribution in [-0.2, 0) is 0 Å². The second-order valence-electron chi connectivity index (χ2n) is 7.59. The van der Waals surface area contributed by atoms with Gasteiger partial charge in [0.05, 0.1) is 11.8 Å². The minimum Gasteiger partial charge on any atom is -0.478 e. The number of hydrogen-bond donors (Lipinski definition) is 3.